The molecule has 0 unspecified atom stereocenters. The van der Waals surface area contributed by atoms with Gasteiger partial charge in [0.15, 0.2) is 0 Å². The van der Waals surface area contributed by atoms with E-state index in [0.717, 1.165) is 43.1 Å². The van der Waals surface area contributed by atoms with E-state index in [0.29, 0.717) is 50.1 Å². The minimum absolute atomic E-state index is 0.0402. The standard InChI is InChI=1S/C27H30F3N5O2/c1-19-5-2-3-8-23(19)25-31-24(37-32-25)18-33-11-9-20(10-12-33)26(36)35-15-13-34(14-16-35)22-7-4-6-21(17-22)27(28,29)30/h2-8,17,20H,9-16,18H2,1H3. The Morgan fingerprint density at radius 2 is 1.73 bits per heavy atom. The minimum atomic E-state index is -4.37. The molecule has 0 aliphatic carbocycles. The summed E-state index contributed by atoms with van der Waals surface area (Å²) in [5.74, 6) is 1.25. The van der Waals surface area contributed by atoms with Crippen LogP contribution in [-0.2, 0) is 17.5 Å². The molecule has 196 valence electrons. The van der Waals surface area contributed by atoms with Gasteiger partial charge in [-0.3, -0.25) is 9.69 Å². The molecule has 1 amide bonds. The van der Waals surface area contributed by atoms with Crippen molar-refractivity contribution in [2.75, 3.05) is 44.2 Å². The molecule has 0 N–H and O–H groups in total. The van der Waals surface area contributed by atoms with Crippen molar-refractivity contribution in [3.63, 3.8) is 0 Å². The molecule has 2 aliphatic heterocycles. The van der Waals surface area contributed by atoms with E-state index in [9.17, 15) is 18.0 Å². The first-order chi connectivity index (χ1) is 17.8. The zero-order chi connectivity index (χ0) is 26.0. The first-order valence-electron chi connectivity index (χ1n) is 12.6. The lowest BCUT2D eigenvalue weighted by molar-refractivity contribution is -0.138. The summed E-state index contributed by atoms with van der Waals surface area (Å²) in [7, 11) is 0. The fraction of sp³-hybridized carbons (Fsp3) is 0.444. The smallest absolute Gasteiger partial charge is 0.368 e. The number of carbonyl (C=O) groups excluding carboxylic acids is 1. The quantitative estimate of drug-likeness (QED) is 0.496. The van der Waals surface area contributed by atoms with E-state index in [4.69, 9.17) is 4.52 Å². The van der Waals surface area contributed by atoms with Crippen LogP contribution in [0.25, 0.3) is 11.4 Å². The predicted octanol–water partition coefficient (Wildman–Crippen LogP) is 4.62. The van der Waals surface area contributed by atoms with Crippen LogP contribution in [0.3, 0.4) is 0 Å². The van der Waals surface area contributed by atoms with Crippen LogP contribution in [0.2, 0.25) is 0 Å². The summed E-state index contributed by atoms with van der Waals surface area (Å²) in [6.45, 7) is 6.16. The number of rotatable bonds is 5. The second-order valence-electron chi connectivity index (χ2n) is 9.74. The summed E-state index contributed by atoms with van der Waals surface area (Å²) in [5, 5.41) is 4.13. The van der Waals surface area contributed by atoms with E-state index < -0.39 is 11.7 Å². The van der Waals surface area contributed by atoms with Crippen molar-refractivity contribution in [1.29, 1.82) is 0 Å². The summed E-state index contributed by atoms with van der Waals surface area (Å²) in [6, 6.07) is 13.3. The minimum Gasteiger partial charge on any atom is -0.368 e. The van der Waals surface area contributed by atoms with Crippen LogP contribution in [0.4, 0.5) is 18.9 Å². The summed E-state index contributed by atoms with van der Waals surface area (Å²) in [6.07, 6.45) is -2.85. The van der Waals surface area contributed by atoms with E-state index in [1.807, 2.05) is 41.0 Å². The number of hydrogen-bond acceptors (Lipinski definition) is 6. The molecule has 3 heterocycles. The molecule has 1 aromatic heterocycles. The van der Waals surface area contributed by atoms with Gasteiger partial charge >= 0.3 is 6.18 Å². The number of hydrogen-bond donors (Lipinski definition) is 0. The maximum absolute atomic E-state index is 13.1. The Morgan fingerprint density at radius 1 is 1.00 bits per heavy atom. The zero-order valence-electron chi connectivity index (χ0n) is 20.7. The lowest BCUT2D eigenvalue weighted by Gasteiger charge is -2.39. The molecule has 0 saturated carbocycles. The van der Waals surface area contributed by atoms with Crippen molar-refractivity contribution in [1.82, 2.24) is 19.9 Å². The molecule has 2 aromatic carbocycles. The second kappa shape index (κ2) is 10.5. The number of halogens is 3. The molecule has 37 heavy (non-hydrogen) atoms. The molecule has 10 heteroatoms. The molecule has 3 aromatic rings. The highest BCUT2D eigenvalue weighted by molar-refractivity contribution is 5.79. The summed E-state index contributed by atoms with van der Waals surface area (Å²) >= 11 is 0. The van der Waals surface area contributed by atoms with E-state index in [2.05, 4.69) is 15.0 Å². The molecular formula is C27H30F3N5O2. The number of amides is 1. The van der Waals surface area contributed by atoms with Crippen LogP contribution >= 0.6 is 0 Å². The molecule has 0 spiro atoms. The monoisotopic (exact) mass is 513 g/mol. The van der Waals surface area contributed by atoms with Gasteiger partial charge in [0.1, 0.15) is 0 Å². The van der Waals surface area contributed by atoms with Gasteiger partial charge in [0.2, 0.25) is 17.6 Å². The van der Waals surface area contributed by atoms with Crippen LogP contribution in [0.15, 0.2) is 53.1 Å². The van der Waals surface area contributed by atoms with Gasteiger partial charge in [-0.25, -0.2) is 0 Å². The number of aryl methyl sites for hydroxylation is 1. The predicted molar refractivity (Wildman–Crippen MR) is 133 cm³/mol. The van der Waals surface area contributed by atoms with Gasteiger partial charge in [-0.2, -0.15) is 18.2 Å². The number of alkyl halides is 3. The highest BCUT2D eigenvalue weighted by Gasteiger charge is 2.33. The fourth-order valence-electron chi connectivity index (χ4n) is 5.10. The van der Waals surface area contributed by atoms with Crippen LogP contribution in [0, 0.1) is 12.8 Å². The van der Waals surface area contributed by atoms with Crippen LogP contribution < -0.4 is 4.90 Å². The highest BCUT2D eigenvalue weighted by Crippen LogP contribution is 2.32. The molecule has 0 radical (unpaired) electrons. The van der Waals surface area contributed by atoms with Gasteiger partial charge in [-0.05, 0) is 56.6 Å². The Bertz CT molecular complexity index is 1230. The Morgan fingerprint density at radius 3 is 2.43 bits per heavy atom. The number of piperazine rings is 1. The largest absolute Gasteiger partial charge is 0.416 e. The van der Waals surface area contributed by atoms with Gasteiger partial charge in [0, 0.05) is 43.3 Å². The molecule has 2 fully saturated rings. The SMILES string of the molecule is Cc1ccccc1-c1noc(CN2CCC(C(=O)N3CCN(c4cccc(C(F)(F)F)c4)CC3)CC2)n1. The molecule has 2 saturated heterocycles. The molecule has 7 nitrogen and oxygen atoms in total. The van der Waals surface area contributed by atoms with Crippen LogP contribution in [0.5, 0.6) is 0 Å². The average Bonchev–Trinajstić information content (AvgIpc) is 3.37. The number of aromatic nitrogens is 2. The topological polar surface area (TPSA) is 65.7 Å². The fourth-order valence-corrected chi connectivity index (χ4v) is 5.10. The van der Waals surface area contributed by atoms with Gasteiger partial charge in [0.25, 0.3) is 0 Å². The van der Waals surface area contributed by atoms with Crippen molar-refractivity contribution in [3.05, 3.63) is 65.5 Å². The number of carbonyl (C=O) groups is 1. The van der Waals surface area contributed by atoms with Crippen molar-refractivity contribution in [2.45, 2.75) is 32.5 Å². The lowest BCUT2D eigenvalue weighted by Crippen LogP contribution is -2.51. The van der Waals surface area contributed by atoms with E-state index in [1.54, 1.807) is 6.07 Å². The number of likely N-dealkylation sites (tertiary alicyclic amines) is 1. The molecule has 5 rings (SSSR count). The maximum atomic E-state index is 13.1. The second-order valence-corrected chi connectivity index (χ2v) is 9.74. The molecular weight excluding hydrogens is 483 g/mol. The highest BCUT2D eigenvalue weighted by atomic mass is 19.4. The van der Waals surface area contributed by atoms with E-state index in [1.165, 1.54) is 12.1 Å². The van der Waals surface area contributed by atoms with Crippen LogP contribution in [0.1, 0.15) is 29.9 Å². The van der Waals surface area contributed by atoms with Crippen LogP contribution in [-0.4, -0.2) is 65.1 Å². The first-order valence-corrected chi connectivity index (χ1v) is 12.6. The lowest BCUT2D eigenvalue weighted by atomic mass is 9.95. The number of benzene rings is 2. The van der Waals surface area contributed by atoms with Crippen molar-refractivity contribution in [2.24, 2.45) is 5.92 Å². The summed E-state index contributed by atoms with van der Waals surface area (Å²) < 4.78 is 44.6. The van der Waals surface area contributed by atoms with Crippen molar-refractivity contribution in [3.8, 4) is 11.4 Å². The Labute approximate surface area is 213 Å². The third kappa shape index (κ3) is 5.79. The number of piperidine rings is 1. The third-order valence-electron chi connectivity index (χ3n) is 7.28. The Kier molecular flexibility index (Phi) is 7.19. The molecule has 2 aliphatic rings. The number of nitrogens with zero attached hydrogens (tertiary/aromatic N) is 5. The first kappa shape index (κ1) is 25.3. The summed E-state index contributed by atoms with van der Waals surface area (Å²) in [4.78, 5) is 23.7. The van der Waals surface area contributed by atoms with Crippen molar-refractivity contribution >= 4 is 11.6 Å². The molecule has 0 bridgehead atoms. The molecule has 0 atom stereocenters. The van der Waals surface area contributed by atoms with Gasteiger partial charge < -0.3 is 14.3 Å². The normalized spacial score (nSPS) is 17.8. The van der Waals surface area contributed by atoms with Gasteiger partial charge in [0.05, 0.1) is 12.1 Å². The average molecular weight is 514 g/mol. The third-order valence-corrected chi connectivity index (χ3v) is 7.28. The Hall–Kier alpha value is -3.40. The van der Waals surface area contributed by atoms with Gasteiger partial charge in [-0.15, -0.1) is 0 Å². The number of anilines is 1. The zero-order valence-corrected chi connectivity index (χ0v) is 20.7. The van der Waals surface area contributed by atoms with Crippen molar-refractivity contribution < 1.29 is 22.5 Å². The summed E-state index contributed by atoms with van der Waals surface area (Å²) in [5.41, 5.74) is 1.93. The van der Waals surface area contributed by atoms with Gasteiger partial charge in [-0.1, -0.05) is 35.5 Å². The van der Waals surface area contributed by atoms with E-state index in [-0.39, 0.29) is 11.8 Å². The Balaban J connectivity index is 1.10. The van der Waals surface area contributed by atoms with E-state index >= 15 is 0 Å². The maximum Gasteiger partial charge on any atom is 0.416 e.